The number of hydrogen-bond acceptors (Lipinski definition) is 4. The normalized spacial score (nSPS) is 39.0. The van der Waals surface area contributed by atoms with Crippen molar-refractivity contribution in [2.45, 2.75) is 84.8 Å². The summed E-state index contributed by atoms with van der Waals surface area (Å²) in [4.78, 5) is 17.4. The summed E-state index contributed by atoms with van der Waals surface area (Å²) in [6, 6.07) is 10.1. The van der Waals surface area contributed by atoms with Gasteiger partial charge in [-0.15, -0.1) is 0 Å². The smallest absolute Gasteiger partial charge is 0.302 e. The van der Waals surface area contributed by atoms with Crippen LogP contribution in [0.5, 0.6) is 0 Å². The highest BCUT2D eigenvalue weighted by Crippen LogP contribution is 2.66. The second-order valence-electron chi connectivity index (χ2n) is 11.1. The molecule has 0 radical (unpaired) electrons. The molecule has 3 fully saturated rings. The van der Waals surface area contributed by atoms with Gasteiger partial charge in [0.25, 0.3) is 0 Å². The van der Waals surface area contributed by atoms with E-state index in [1.807, 2.05) is 30.3 Å². The molecule has 4 nitrogen and oxygen atoms in total. The van der Waals surface area contributed by atoms with Gasteiger partial charge in [-0.1, -0.05) is 60.9 Å². The Bertz CT molecular complexity index is 973. The summed E-state index contributed by atoms with van der Waals surface area (Å²) in [5.41, 5.74) is 3.69. The Morgan fingerprint density at radius 1 is 1.06 bits per heavy atom. The van der Waals surface area contributed by atoms with Gasteiger partial charge in [-0.3, -0.25) is 4.79 Å². The maximum absolute atomic E-state index is 11.7. The van der Waals surface area contributed by atoms with Crippen LogP contribution in [-0.4, -0.2) is 17.8 Å². The average Bonchev–Trinajstić information content (AvgIpc) is 3.12. The Labute approximate surface area is 202 Å². The number of ether oxygens (including phenoxy) is 1. The Morgan fingerprint density at radius 2 is 1.85 bits per heavy atom. The SMILES string of the molecule is CC(=O)O[C@H]1CC[C@H]2[C@@H]3CCC4=C(Cl)/C(=N/OCc5ccccc5)CC[C@]4(C)[C@H]3CC[C@]12C. The number of hydrogen-bond donors (Lipinski definition) is 0. The Balaban J connectivity index is 1.34. The molecule has 4 aliphatic carbocycles. The number of allylic oxidation sites excluding steroid dienone is 2. The summed E-state index contributed by atoms with van der Waals surface area (Å²) in [5.74, 6) is 1.85. The molecule has 0 bridgehead atoms. The van der Waals surface area contributed by atoms with Gasteiger partial charge in [0.1, 0.15) is 12.7 Å². The number of carbonyl (C=O) groups is 1. The van der Waals surface area contributed by atoms with Gasteiger partial charge in [0, 0.05) is 12.3 Å². The van der Waals surface area contributed by atoms with Crippen LogP contribution in [0.25, 0.3) is 0 Å². The highest BCUT2D eigenvalue weighted by atomic mass is 35.5. The van der Waals surface area contributed by atoms with Crippen molar-refractivity contribution in [1.82, 2.24) is 0 Å². The summed E-state index contributed by atoms with van der Waals surface area (Å²) in [6.07, 6.45) is 8.78. The number of oxime groups is 1. The number of esters is 1. The van der Waals surface area contributed by atoms with Crippen LogP contribution in [0.2, 0.25) is 0 Å². The molecule has 6 atom stereocenters. The number of rotatable bonds is 4. The lowest BCUT2D eigenvalue weighted by molar-refractivity contribution is -0.157. The summed E-state index contributed by atoms with van der Waals surface area (Å²) in [7, 11) is 0. The minimum Gasteiger partial charge on any atom is -0.462 e. The molecule has 0 N–H and O–H groups in total. The molecular formula is C28H36ClNO3. The average molecular weight is 470 g/mol. The molecule has 0 spiro atoms. The molecule has 33 heavy (non-hydrogen) atoms. The molecule has 1 aromatic carbocycles. The Hall–Kier alpha value is -1.81. The fraction of sp³-hybridized carbons (Fsp3) is 0.643. The summed E-state index contributed by atoms with van der Waals surface area (Å²) in [6.45, 7) is 6.85. The Morgan fingerprint density at radius 3 is 2.61 bits per heavy atom. The van der Waals surface area contributed by atoms with Gasteiger partial charge in [0.15, 0.2) is 0 Å². The van der Waals surface area contributed by atoms with Crippen molar-refractivity contribution < 1.29 is 14.4 Å². The lowest BCUT2D eigenvalue weighted by atomic mass is 9.47. The number of carbonyl (C=O) groups excluding carboxylic acids is 1. The van der Waals surface area contributed by atoms with Gasteiger partial charge < -0.3 is 9.57 Å². The highest BCUT2D eigenvalue weighted by Gasteiger charge is 2.60. The minimum absolute atomic E-state index is 0.0844. The molecule has 3 saturated carbocycles. The van der Waals surface area contributed by atoms with Crippen LogP contribution in [0, 0.1) is 28.6 Å². The van der Waals surface area contributed by atoms with Crippen LogP contribution in [0.3, 0.4) is 0 Å². The van der Waals surface area contributed by atoms with E-state index in [1.54, 1.807) is 6.92 Å². The number of halogens is 1. The zero-order valence-electron chi connectivity index (χ0n) is 20.1. The van der Waals surface area contributed by atoms with Crippen molar-refractivity contribution in [1.29, 1.82) is 0 Å². The lowest BCUT2D eigenvalue weighted by Crippen LogP contribution is -2.52. The van der Waals surface area contributed by atoms with E-state index in [2.05, 4.69) is 19.0 Å². The highest BCUT2D eigenvalue weighted by molar-refractivity contribution is 6.44. The van der Waals surface area contributed by atoms with Crippen LogP contribution in [0.15, 0.2) is 46.1 Å². The second kappa shape index (κ2) is 8.76. The molecule has 0 saturated heterocycles. The first kappa shape index (κ1) is 23.0. The molecule has 0 unspecified atom stereocenters. The molecule has 5 heteroatoms. The molecular weight excluding hydrogens is 434 g/mol. The van der Waals surface area contributed by atoms with Gasteiger partial charge in [-0.2, -0.15) is 0 Å². The predicted octanol–water partition coefficient (Wildman–Crippen LogP) is 7.02. The third kappa shape index (κ3) is 3.92. The molecule has 0 aromatic heterocycles. The number of fused-ring (bicyclic) bond motifs is 5. The summed E-state index contributed by atoms with van der Waals surface area (Å²) >= 11 is 6.99. The molecule has 4 aliphatic rings. The zero-order valence-corrected chi connectivity index (χ0v) is 20.9. The van der Waals surface area contributed by atoms with E-state index >= 15 is 0 Å². The first-order valence-corrected chi connectivity index (χ1v) is 13.0. The van der Waals surface area contributed by atoms with Gasteiger partial charge in [-0.25, -0.2) is 0 Å². The maximum Gasteiger partial charge on any atom is 0.302 e. The minimum atomic E-state index is -0.134. The number of benzene rings is 1. The molecule has 0 heterocycles. The molecule has 0 aliphatic heterocycles. The first-order valence-electron chi connectivity index (χ1n) is 12.6. The van der Waals surface area contributed by atoms with E-state index in [0.29, 0.717) is 24.4 Å². The third-order valence-corrected chi connectivity index (χ3v) is 9.99. The van der Waals surface area contributed by atoms with Crippen molar-refractivity contribution in [3.63, 3.8) is 0 Å². The monoisotopic (exact) mass is 469 g/mol. The van der Waals surface area contributed by atoms with Gasteiger partial charge in [0.2, 0.25) is 0 Å². The topological polar surface area (TPSA) is 47.9 Å². The third-order valence-electron chi connectivity index (χ3n) is 9.54. The number of nitrogens with zero attached hydrogens (tertiary/aromatic N) is 1. The fourth-order valence-electron chi connectivity index (χ4n) is 7.85. The lowest BCUT2D eigenvalue weighted by Gasteiger charge is -2.58. The maximum atomic E-state index is 11.7. The van der Waals surface area contributed by atoms with Gasteiger partial charge in [-0.05, 0) is 85.7 Å². The van der Waals surface area contributed by atoms with Gasteiger partial charge in [0.05, 0.1) is 10.7 Å². The van der Waals surface area contributed by atoms with Crippen molar-refractivity contribution >= 4 is 23.3 Å². The molecule has 178 valence electrons. The second-order valence-corrected chi connectivity index (χ2v) is 11.5. The standard InChI is InChI=1S/C28H36ClNO3/c1-18(31)33-25-12-11-21-20-9-10-23-26(29)24(30-32-17-19-7-5-4-6-8-19)14-16-27(23,2)22(20)13-15-28(21,25)3/h4-8,20-22,25H,9-17H2,1-3H3/b30-24+/t20-,21-,22-,25-,27+,28-/m0/s1. The van der Waals surface area contributed by atoms with Crippen molar-refractivity contribution in [3.8, 4) is 0 Å². The van der Waals surface area contributed by atoms with E-state index in [-0.39, 0.29) is 22.9 Å². The molecule has 5 rings (SSSR count). The van der Waals surface area contributed by atoms with Gasteiger partial charge >= 0.3 is 5.97 Å². The molecule has 1 aromatic rings. The summed E-state index contributed by atoms with van der Waals surface area (Å²) in [5, 5.41) is 5.32. The van der Waals surface area contributed by atoms with E-state index in [9.17, 15) is 4.79 Å². The zero-order chi connectivity index (χ0) is 23.2. The van der Waals surface area contributed by atoms with Crippen LogP contribution in [-0.2, 0) is 21.0 Å². The van der Waals surface area contributed by atoms with Crippen molar-refractivity contribution in [2.75, 3.05) is 0 Å². The Kier molecular flexibility index (Phi) is 6.09. The quantitative estimate of drug-likeness (QED) is 0.351. The van der Waals surface area contributed by atoms with E-state index in [4.69, 9.17) is 21.2 Å². The first-order chi connectivity index (χ1) is 15.8. The molecule has 0 amide bonds. The fourth-order valence-corrected chi connectivity index (χ4v) is 8.29. The van der Waals surface area contributed by atoms with Crippen molar-refractivity contribution in [3.05, 3.63) is 46.5 Å². The van der Waals surface area contributed by atoms with Crippen LogP contribution in [0.1, 0.15) is 77.7 Å². The largest absolute Gasteiger partial charge is 0.462 e. The predicted molar refractivity (Wildman–Crippen MR) is 131 cm³/mol. The summed E-state index contributed by atoms with van der Waals surface area (Å²) < 4.78 is 5.80. The van der Waals surface area contributed by atoms with Crippen LogP contribution >= 0.6 is 11.6 Å². The van der Waals surface area contributed by atoms with Crippen LogP contribution < -0.4 is 0 Å². The van der Waals surface area contributed by atoms with E-state index in [0.717, 1.165) is 48.4 Å². The van der Waals surface area contributed by atoms with E-state index in [1.165, 1.54) is 24.8 Å². The van der Waals surface area contributed by atoms with E-state index < -0.39 is 0 Å². The van der Waals surface area contributed by atoms with Crippen molar-refractivity contribution in [2.24, 2.45) is 33.7 Å². The van der Waals surface area contributed by atoms with Crippen LogP contribution in [0.4, 0.5) is 0 Å².